The average molecular weight is 282 g/mol. The summed E-state index contributed by atoms with van der Waals surface area (Å²) in [6.45, 7) is 0. The van der Waals surface area contributed by atoms with Crippen LogP contribution in [0.5, 0.6) is 11.5 Å². The van der Waals surface area contributed by atoms with Crippen molar-refractivity contribution in [1.29, 1.82) is 0 Å². The molecule has 1 aliphatic rings. The molecule has 0 saturated carbocycles. The van der Waals surface area contributed by atoms with E-state index in [4.69, 9.17) is 4.74 Å². The van der Waals surface area contributed by atoms with Crippen LogP contribution in [0.4, 0.5) is 0 Å². The Morgan fingerprint density at radius 2 is 1.60 bits per heavy atom. The van der Waals surface area contributed by atoms with Crippen LogP contribution in [0.2, 0.25) is 0 Å². The van der Waals surface area contributed by atoms with Crippen molar-refractivity contribution in [3.63, 3.8) is 0 Å². The van der Waals surface area contributed by atoms with Gasteiger partial charge in [0.25, 0.3) is 0 Å². The molecule has 0 radical (unpaired) electrons. The van der Waals surface area contributed by atoms with Crippen molar-refractivity contribution in [3.05, 3.63) is 60.2 Å². The normalized spacial score (nSPS) is 13.8. The lowest BCUT2D eigenvalue weighted by Gasteiger charge is -2.06. The highest BCUT2D eigenvalue weighted by molar-refractivity contribution is 8.13. The Morgan fingerprint density at radius 3 is 2.25 bits per heavy atom. The monoisotopic (exact) mass is 282 g/mol. The third kappa shape index (κ3) is 2.91. The number of thioether (sulfide) groups is 1. The standard InChI is InChI=1S/C16H14N2OS/c1-20-16-11-15(17-18-16)12-7-9-14(10-8-12)19-13-5-3-2-4-6-13/h2-10H,11H2,1H3. The first-order valence-corrected chi connectivity index (χ1v) is 7.58. The topological polar surface area (TPSA) is 34.0 Å². The van der Waals surface area contributed by atoms with E-state index in [2.05, 4.69) is 10.2 Å². The third-order valence-electron chi connectivity index (χ3n) is 3.00. The Labute approximate surface area is 122 Å². The summed E-state index contributed by atoms with van der Waals surface area (Å²) in [5.41, 5.74) is 2.11. The van der Waals surface area contributed by atoms with E-state index >= 15 is 0 Å². The van der Waals surface area contributed by atoms with Gasteiger partial charge in [-0.05, 0) is 48.2 Å². The molecule has 2 aromatic carbocycles. The molecule has 0 aromatic heterocycles. The predicted octanol–water partition coefficient (Wildman–Crippen LogP) is 4.35. The van der Waals surface area contributed by atoms with Gasteiger partial charge in [0.05, 0.1) is 5.71 Å². The van der Waals surface area contributed by atoms with Gasteiger partial charge in [-0.3, -0.25) is 0 Å². The zero-order valence-electron chi connectivity index (χ0n) is 11.1. The summed E-state index contributed by atoms with van der Waals surface area (Å²) in [4.78, 5) is 0. The van der Waals surface area contributed by atoms with Crippen molar-refractivity contribution in [2.75, 3.05) is 6.26 Å². The van der Waals surface area contributed by atoms with E-state index in [-0.39, 0.29) is 0 Å². The lowest BCUT2D eigenvalue weighted by Crippen LogP contribution is -2.00. The molecule has 0 fully saturated rings. The van der Waals surface area contributed by atoms with Crippen molar-refractivity contribution in [1.82, 2.24) is 0 Å². The number of hydrogen-bond donors (Lipinski definition) is 0. The van der Waals surface area contributed by atoms with E-state index in [0.717, 1.165) is 34.2 Å². The van der Waals surface area contributed by atoms with Gasteiger partial charge in [-0.1, -0.05) is 18.2 Å². The first-order chi connectivity index (χ1) is 9.85. The van der Waals surface area contributed by atoms with Crippen molar-refractivity contribution in [3.8, 4) is 11.5 Å². The van der Waals surface area contributed by atoms with Gasteiger partial charge in [0.1, 0.15) is 16.5 Å². The smallest absolute Gasteiger partial charge is 0.127 e. The molecule has 2 aromatic rings. The summed E-state index contributed by atoms with van der Waals surface area (Å²) < 4.78 is 5.77. The first kappa shape index (κ1) is 12.9. The van der Waals surface area contributed by atoms with Gasteiger partial charge in [-0.15, -0.1) is 16.9 Å². The molecular formula is C16H14N2OS. The van der Waals surface area contributed by atoms with E-state index in [1.54, 1.807) is 11.8 Å². The second-order valence-corrected chi connectivity index (χ2v) is 5.24. The zero-order chi connectivity index (χ0) is 13.8. The fraction of sp³-hybridized carbons (Fsp3) is 0.125. The molecule has 0 bridgehead atoms. The van der Waals surface area contributed by atoms with Gasteiger partial charge in [-0.25, -0.2) is 0 Å². The molecule has 0 amide bonds. The second kappa shape index (κ2) is 5.92. The molecule has 4 heteroatoms. The van der Waals surface area contributed by atoms with Gasteiger partial charge >= 0.3 is 0 Å². The van der Waals surface area contributed by atoms with Crippen LogP contribution < -0.4 is 4.74 Å². The van der Waals surface area contributed by atoms with Gasteiger partial charge < -0.3 is 4.74 Å². The van der Waals surface area contributed by atoms with Gasteiger partial charge in [-0.2, -0.15) is 5.10 Å². The van der Waals surface area contributed by atoms with Crippen LogP contribution in [0.25, 0.3) is 0 Å². The molecule has 0 atom stereocenters. The number of benzene rings is 2. The van der Waals surface area contributed by atoms with E-state index in [1.165, 1.54) is 0 Å². The maximum absolute atomic E-state index is 5.77. The largest absolute Gasteiger partial charge is 0.457 e. The number of rotatable bonds is 3. The number of nitrogens with zero attached hydrogens (tertiary/aromatic N) is 2. The molecule has 20 heavy (non-hydrogen) atoms. The number of ether oxygens (including phenoxy) is 1. The van der Waals surface area contributed by atoms with E-state index in [9.17, 15) is 0 Å². The molecule has 1 heterocycles. The molecule has 0 saturated heterocycles. The van der Waals surface area contributed by atoms with E-state index in [1.807, 2.05) is 60.9 Å². The fourth-order valence-corrected chi connectivity index (χ4v) is 2.35. The summed E-state index contributed by atoms with van der Waals surface area (Å²) >= 11 is 1.65. The summed E-state index contributed by atoms with van der Waals surface area (Å²) in [6.07, 6.45) is 2.84. The summed E-state index contributed by atoms with van der Waals surface area (Å²) in [5.74, 6) is 1.66. The number of para-hydroxylation sites is 1. The van der Waals surface area contributed by atoms with Crippen LogP contribution in [-0.2, 0) is 0 Å². The first-order valence-electron chi connectivity index (χ1n) is 6.36. The van der Waals surface area contributed by atoms with Crippen molar-refractivity contribution < 1.29 is 4.74 Å². The van der Waals surface area contributed by atoms with Gasteiger partial charge in [0.2, 0.25) is 0 Å². The highest BCUT2D eigenvalue weighted by Gasteiger charge is 2.13. The lowest BCUT2D eigenvalue weighted by atomic mass is 10.1. The van der Waals surface area contributed by atoms with Crippen molar-refractivity contribution in [2.24, 2.45) is 10.2 Å². The molecule has 0 unspecified atom stereocenters. The van der Waals surface area contributed by atoms with Crippen LogP contribution in [0.1, 0.15) is 12.0 Å². The SMILES string of the molecule is CSC1=NN=C(c2ccc(Oc3ccccc3)cc2)C1. The van der Waals surface area contributed by atoms with Crippen molar-refractivity contribution in [2.45, 2.75) is 6.42 Å². The Bertz CT molecular complexity index is 648. The van der Waals surface area contributed by atoms with Crippen LogP contribution in [0.3, 0.4) is 0 Å². The molecular weight excluding hydrogens is 268 g/mol. The molecule has 0 spiro atoms. The lowest BCUT2D eigenvalue weighted by molar-refractivity contribution is 0.482. The van der Waals surface area contributed by atoms with Crippen molar-refractivity contribution >= 4 is 22.5 Å². The second-order valence-electron chi connectivity index (χ2n) is 4.36. The highest BCUT2D eigenvalue weighted by atomic mass is 32.2. The Hall–Kier alpha value is -2.07. The molecule has 3 nitrogen and oxygen atoms in total. The van der Waals surface area contributed by atoms with Crippen LogP contribution in [0.15, 0.2) is 64.8 Å². The molecule has 100 valence electrons. The minimum Gasteiger partial charge on any atom is -0.457 e. The number of hydrogen-bond acceptors (Lipinski definition) is 4. The van der Waals surface area contributed by atoms with Crippen LogP contribution >= 0.6 is 11.8 Å². The summed E-state index contributed by atoms with van der Waals surface area (Å²) in [7, 11) is 0. The van der Waals surface area contributed by atoms with Gasteiger partial charge in [0, 0.05) is 6.42 Å². The van der Waals surface area contributed by atoms with E-state index in [0.29, 0.717) is 0 Å². The molecule has 0 aliphatic carbocycles. The average Bonchev–Trinajstić information content (AvgIpc) is 2.98. The zero-order valence-corrected chi connectivity index (χ0v) is 11.9. The Morgan fingerprint density at radius 1 is 0.900 bits per heavy atom. The summed E-state index contributed by atoms with van der Waals surface area (Å²) in [5, 5.41) is 9.41. The van der Waals surface area contributed by atoms with Crippen LogP contribution in [-0.4, -0.2) is 17.0 Å². The highest BCUT2D eigenvalue weighted by Crippen LogP contribution is 2.23. The third-order valence-corrected chi connectivity index (χ3v) is 3.70. The Balaban J connectivity index is 1.70. The minimum atomic E-state index is 0.819. The molecule has 3 rings (SSSR count). The quantitative estimate of drug-likeness (QED) is 0.838. The molecule has 0 N–H and O–H groups in total. The maximum Gasteiger partial charge on any atom is 0.127 e. The molecule has 1 aliphatic heterocycles. The maximum atomic E-state index is 5.77. The van der Waals surface area contributed by atoms with E-state index < -0.39 is 0 Å². The summed E-state index contributed by atoms with van der Waals surface area (Å²) in [6, 6.07) is 17.7. The predicted molar refractivity (Wildman–Crippen MR) is 85.1 cm³/mol. The minimum absolute atomic E-state index is 0.819. The van der Waals surface area contributed by atoms with Crippen LogP contribution in [0, 0.1) is 0 Å². The fourth-order valence-electron chi connectivity index (χ4n) is 1.94. The Kier molecular flexibility index (Phi) is 3.83. The van der Waals surface area contributed by atoms with Gasteiger partial charge in [0.15, 0.2) is 0 Å².